The van der Waals surface area contributed by atoms with Gasteiger partial charge in [0.2, 0.25) is 0 Å². The number of hydrogen-bond acceptors (Lipinski definition) is 11. The summed E-state index contributed by atoms with van der Waals surface area (Å²) < 4.78 is 43.6. The molecular weight excluding hydrogens is 594 g/mol. The Morgan fingerprint density at radius 1 is 0.978 bits per heavy atom. The molecule has 254 valence electrons. The Bertz CT molecular complexity index is 1360. The molecule has 11 nitrogen and oxygen atoms in total. The number of likely N-dealkylation sites (tertiary alicyclic amines) is 1. The van der Waals surface area contributed by atoms with Gasteiger partial charge in [0, 0.05) is 83.0 Å². The number of ether oxygens (including phenoxy) is 7. The molecule has 6 fully saturated rings. The Kier molecular flexibility index (Phi) is 7.81. The largest absolute Gasteiger partial charge is 0.497 e. The fourth-order valence-corrected chi connectivity index (χ4v) is 12.4. The maximum atomic E-state index is 13.9. The molecule has 1 aromatic rings. The van der Waals surface area contributed by atoms with Gasteiger partial charge in [0.1, 0.15) is 23.1 Å². The number of carbonyl (C=O) groups is 2. The topological polar surface area (TPSA) is 122 Å². The summed E-state index contributed by atoms with van der Waals surface area (Å²) in [6.07, 6.45) is 0.142. The predicted octanol–water partition coefficient (Wildman–Crippen LogP) is 2.72. The van der Waals surface area contributed by atoms with E-state index in [1.165, 1.54) is 6.92 Å². The first-order chi connectivity index (χ1) is 22.1. The van der Waals surface area contributed by atoms with Crippen molar-refractivity contribution in [2.45, 2.75) is 81.2 Å². The monoisotopic (exact) mass is 643 g/mol. The second kappa shape index (κ2) is 11.1. The lowest BCUT2D eigenvalue weighted by molar-refractivity contribution is -0.287. The van der Waals surface area contributed by atoms with E-state index in [9.17, 15) is 14.7 Å². The summed E-state index contributed by atoms with van der Waals surface area (Å²) in [6.45, 7) is 5.80. The van der Waals surface area contributed by atoms with E-state index in [4.69, 9.17) is 33.2 Å². The van der Waals surface area contributed by atoms with Crippen LogP contribution in [0.2, 0.25) is 0 Å². The SMILES string of the molecule is CCN1C[C@]2(COC)CC[C@H](OC)[C@@]34[C@@H]5C[C@]6(O)[C@@H](OC)C[C@@](OC(C)=O)([C@H]5[C@H]6OC(=O)c5ccc(OC)cc5)[C@@H]([C@@H](OC)[C@@H]23)[C@@H]14. The minimum Gasteiger partial charge on any atom is -0.497 e. The number of esters is 2. The first kappa shape index (κ1) is 32.3. The van der Waals surface area contributed by atoms with Gasteiger partial charge in [0.25, 0.3) is 0 Å². The van der Waals surface area contributed by atoms with Gasteiger partial charge in [0.05, 0.1) is 37.6 Å². The molecule has 6 aliphatic rings. The third-order valence-electron chi connectivity index (χ3n) is 13.3. The van der Waals surface area contributed by atoms with Crippen LogP contribution in [0.3, 0.4) is 0 Å². The Labute approximate surface area is 271 Å². The minimum atomic E-state index is -1.51. The Balaban J connectivity index is 1.46. The van der Waals surface area contributed by atoms with E-state index in [2.05, 4.69) is 11.8 Å². The normalized spacial score (nSPS) is 46.6. The van der Waals surface area contributed by atoms with E-state index >= 15 is 0 Å². The molecule has 11 heteroatoms. The van der Waals surface area contributed by atoms with Crippen molar-refractivity contribution >= 4 is 11.9 Å². The number of fused-ring (bicyclic) bond motifs is 2. The fraction of sp³-hybridized carbons (Fsp3) is 0.771. The molecule has 1 N–H and O–H groups in total. The fourth-order valence-electron chi connectivity index (χ4n) is 12.4. The molecule has 0 radical (unpaired) electrons. The average molecular weight is 644 g/mol. The van der Waals surface area contributed by atoms with Crippen molar-refractivity contribution in [2.24, 2.45) is 34.5 Å². The van der Waals surface area contributed by atoms with E-state index in [0.717, 1.165) is 25.9 Å². The van der Waals surface area contributed by atoms with Crippen molar-refractivity contribution in [3.63, 3.8) is 0 Å². The van der Waals surface area contributed by atoms with E-state index in [-0.39, 0.29) is 47.8 Å². The van der Waals surface area contributed by atoms with Gasteiger partial charge in [-0.05, 0) is 56.0 Å². The van der Waals surface area contributed by atoms with Gasteiger partial charge in [0.15, 0.2) is 0 Å². The van der Waals surface area contributed by atoms with Crippen LogP contribution in [0.25, 0.3) is 0 Å². The summed E-state index contributed by atoms with van der Waals surface area (Å²) in [5.41, 5.74) is -3.03. The Morgan fingerprint density at radius 3 is 2.28 bits per heavy atom. The molecule has 5 saturated carbocycles. The summed E-state index contributed by atoms with van der Waals surface area (Å²) >= 11 is 0. The van der Waals surface area contributed by atoms with Crippen molar-refractivity contribution in [2.75, 3.05) is 55.2 Å². The molecule has 1 heterocycles. The van der Waals surface area contributed by atoms with Gasteiger partial charge >= 0.3 is 11.9 Å². The first-order valence-corrected chi connectivity index (χ1v) is 16.6. The number of piperidine rings is 1. The van der Waals surface area contributed by atoms with Crippen molar-refractivity contribution in [3.05, 3.63) is 29.8 Å². The molecule has 0 aromatic heterocycles. The van der Waals surface area contributed by atoms with E-state index in [1.807, 2.05) is 0 Å². The van der Waals surface area contributed by atoms with Crippen LogP contribution in [-0.2, 0) is 33.2 Å². The zero-order valence-electron chi connectivity index (χ0n) is 28.0. The van der Waals surface area contributed by atoms with Crippen LogP contribution in [0.1, 0.15) is 49.9 Å². The summed E-state index contributed by atoms with van der Waals surface area (Å²) in [4.78, 5) is 29.7. The van der Waals surface area contributed by atoms with Gasteiger partial charge < -0.3 is 38.3 Å². The van der Waals surface area contributed by atoms with Crippen molar-refractivity contribution in [3.8, 4) is 5.75 Å². The molecule has 46 heavy (non-hydrogen) atoms. The minimum absolute atomic E-state index is 0.00534. The Morgan fingerprint density at radius 2 is 1.70 bits per heavy atom. The van der Waals surface area contributed by atoms with Gasteiger partial charge in [-0.1, -0.05) is 6.92 Å². The number of nitrogens with zero attached hydrogens (tertiary/aromatic N) is 1. The molecule has 5 aliphatic carbocycles. The van der Waals surface area contributed by atoms with Gasteiger partial charge in [-0.3, -0.25) is 9.69 Å². The van der Waals surface area contributed by atoms with Crippen LogP contribution in [0.4, 0.5) is 0 Å². The first-order valence-electron chi connectivity index (χ1n) is 16.6. The molecular formula is C35H49NO10. The third kappa shape index (κ3) is 3.87. The Hall–Kier alpha value is -2.28. The van der Waals surface area contributed by atoms with Crippen molar-refractivity contribution in [1.29, 1.82) is 0 Å². The van der Waals surface area contributed by atoms with Crippen LogP contribution >= 0.6 is 0 Å². The highest BCUT2D eigenvalue weighted by Gasteiger charge is 2.89. The lowest BCUT2D eigenvalue weighted by atomic mass is 9.43. The molecule has 1 aromatic carbocycles. The number of hydrogen-bond donors (Lipinski definition) is 1. The van der Waals surface area contributed by atoms with Crippen molar-refractivity contribution in [1.82, 2.24) is 4.90 Å². The highest BCUT2D eigenvalue weighted by molar-refractivity contribution is 5.89. The molecule has 0 unspecified atom stereocenters. The van der Waals surface area contributed by atoms with Crippen LogP contribution in [0.5, 0.6) is 5.75 Å². The second-order valence-electron chi connectivity index (χ2n) is 14.6. The van der Waals surface area contributed by atoms with Crippen LogP contribution in [-0.4, -0.2) is 119 Å². The summed E-state index contributed by atoms with van der Waals surface area (Å²) in [5, 5.41) is 12.8. The quantitative estimate of drug-likeness (QED) is 0.379. The number of benzene rings is 1. The summed E-state index contributed by atoms with van der Waals surface area (Å²) in [5.74, 6) is -1.38. The molecule has 13 atom stereocenters. The lowest BCUT2D eigenvalue weighted by Crippen LogP contribution is -2.77. The molecule has 1 aliphatic heterocycles. The van der Waals surface area contributed by atoms with E-state index in [1.54, 1.807) is 59.8 Å². The molecule has 0 amide bonds. The van der Waals surface area contributed by atoms with Gasteiger partial charge in [-0.25, -0.2) is 4.79 Å². The third-order valence-corrected chi connectivity index (χ3v) is 13.3. The standard InChI is InChI=1S/C35H49NO10/c1-8-36-17-32(18-40-3)14-13-23(42-5)35-22-15-33(39)24(43-6)16-34(46-19(2)37,26(29(35)36)27(44-7)28(32)35)25(22)30(33)45-31(38)20-9-11-21(41-4)12-10-20/h9-12,22-30,39H,8,13-18H2,1-7H3/t22-,23+,24+,25-,26+,27-,28+,29-,30-,32+,33+,34-,35+/m1/s1. The highest BCUT2D eigenvalue weighted by Crippen LogP contribution is 2.80. The molecule has 7 rings (SSSR count). The smallest absolute Gasteiger partial charge is 0.338 e. The van der Waals surface area contributed by atoms with Crippen LogP contribution < -0.4 is 4.74 Å². The van der Waals surface area contributed by atoms with Crippen LogP contribution in [0, 0.1) is 34.5 Å². The molecule has 1 saturated heterocycles. The van der Waals surface area contributed by atoms with E-state index in [0.29, 0.717) is 24.3 Å². The molecule has 7 bridgehead atoms. The number of aliphatic hydroxyl groups is 1. The lowest BCUT2D eigenvalue weighted by Gasteiger charge is -2.69. The van der Waals surface area contributed by atoms with Crippen LogP contribution in [0.15, 0.2) is 24.3 Å². The zero-order valence-corrected chi connectivity index (χ0v) is 28.0. The van der Waals surface area contributed by atoms with E-state index < -0.39 is 46.7 Å². The average Bonchev–Trinajstić information content (AvgIpc) is 3.42. The second-order valence-corrected chi connectivity index (χ2v) is 14.6. The zero-order chi connectivity index (χ0) is 32.8. The predicted molar refractivity (Wildman–Crippen MR) is 164 cm³/mol. The maximum Gasteiger partial charge on any atom is 0.338 e. The number of carbonyl (C=O) groups excluding carboxylic acids is 2. The van der Waals surface area contributed by atoms with Gasteiger partial charge in [-0.2, -0.15) is 0 Å². The van der Waals surface area contributed by atoms with Crippen molar-refractivity contribution < 1.29 is 47.9 Å². The van der Waals surface area contributed by atoms with Gasteiger partial charge in [-0.15, -0.1) is 0 Å². The maximum absolute atomic E-state index is 13.9. The summed E-state index contributed by atoms with van der Waals surface area (Å²) in [7, 11) is 8.44. The number of rotatable bonds is 10. The number of methoxy groups -OCH3 is 5. The highest BCUT2D eigenvalue weighted by atomic mass is 16.6. The molecule has 1 spiro atoms. The summed E-state index contributed by atoms with van der Waals surface area (Å²) in [6, 6.07) is 6.66.